The normalized spacial score (nSPS) is 13.6. The van der Waals surface area contributed by atoms with Crippen molar-refractivity contribution in [3.8, 4) is 11.3 Å². The lowest BCUT2D eigenvalue weighted by molar-refractivity contribution is 0.578. The second kappa shape index (κ2) is 9.61. The molecular weight excluding hydrogens is 390 g/mol. The molecule has 2 aromatic heterocycles. The lowest BCUT2D eigenvalue weighted by Gasteiger charge is -2.28. The maximum Gasteiger partial charge on any atom is 0.0709 e. The highest BCUT2D eigenvalue weighted by Crippen LogP contribution is 2.25. The summed E-state index contributed by atoms with van der Waals surface area (Å²) in [6.07, 6.45) is 5.81. The third-order valence-corrected chi connectivity index (χ3v) is 5.99. The Bertz CT molecular complexity index is 1240. The quantitative estimate of drug-likeness (QED) is 0.306. The van der Waals surface area contributed by atoms with Gasteiger partial charge in [0.25, 0.3) is 0 Å². The van der Waals surface area contributed by atoms with E-state index >= 15 is 0 Å². The summed E-state index contributed by atoms with van der Waals surface area (Å²) in [5.74, 6) is 0. The summed E-state index contributed by atoms with van der Waals surface area (Å²) in [5.41, 5.74) is 5.68. The van der Waals surface area contributed by atoms with Gasteiger partial charge in [0.2, 0.25) is 0 Å². The van der Waals surface area contributed by atoms with Crippen LogP contribution in [0.1, 0.15) is 19.3 Å². The predicted molar refractivity (Wildman–Crippen MR) is 135 cm³/mol. The fraction of sp³-hybridized carbons (Fsp3) is 0.172. The first-order chi connectivity index (χ1) is 15.9. The van der Waals surface area contributed by atoms with Crippen LogP contribution in [0, 0.1) is 0 Å². The molecule has 6 rings (SSSR count). The molecule has 32 heavy (non-hydrogen) atoms. The first-order valence-corrected chi connectivity index (χ1v) is 11.4. The van der Waals surface area contributed by atoms with E-state index in [4.69, 9.17) is 4.98 Å². The van der Waals surface area contributed by atoms with Crippen molar-refractivity contribution in [2.24, 2.45) is 0 Å². The molecule has 3 nitrogen and oxygen atoms in total. The van der Waals surface area contributed by atoms with Crippen LogP contribution in [-0.4, -0.2) is 23.1 Å². The monoisotopic (exact) mass is 417 g/mol. The van der Waals surface area contributed by atoms with E-state index in [-0.39, 0.29) is 0 Å². The van der Waals surface area contributed by atoms with Crippen LogP contribution in [0.3, 0.4) is 0 Å². The van der Waals surface area contributed by atoms with Crippen molar-refractivity contribution in [1.82, 2.24) is 9.97 Å². The van der Waals surface area contributed by atoms with Gasteiger partial charge in [0.1, 0.15) is 0 Å². The van der Waals surface area contributed by atoms with Gasteiger partial charge in [-0.3, -0.25) is 4.98 Å². The smallest absolute Gasteiger partial charge is 0.0709 e. The summed E-state index contributed by atoms with van der Waals surface area (Å²) in [5, 5.41) is 2.39. The average Bonchev–Trinajstić information content (AvgIpc) is 2.89. The molecule has 0 bridgehead atoms. The van der Waals surface area contributed by atoms with Crippen LogP contribution in [-0.2, 0) is 0 Å². The molecule has 0 atom stereocenters. The summed E-state index contributed by atoms with van der Waals surface area (Å²) in [7, 11) is 0. The predicted octanol–water partition coefficient (Wildman–Crippen LogP) is 7.13. The van der Waals surface area contributed by atoms with Crippen molar-refractivity contribution in [1.29, 1.82) is 0 Å². The second-order valence-electron chi connectivity index (χ2n) is 8.18. The van der Waals surface area contributed by atoms with E-state index in [2.05, 4.69) is 76.6 Å². The van der Waals surface area contributed by atoms with Gasteiger partial charge in [0.05, 0.1) is 16.7 Å². The maximum absolute atomic E-state index is 4.77. The molecule has 158 valence electrons. The van der Waals surface area contributed by atoms with Crippen molar-refractivity contribution < 1.29 is 0 Å². The van der Waals surface area contributed by atoms with E-state index < -0.39 is 0 Å². The van der Waals surface area contributed by atoms with Crippen molar-refractivity contribution >= 4 is 27.5 Å². The van der Waals surface area contributed by atoms with Crippen LogP contribution in [0.5, 0.6) is 0 Å². The number of fused-ring (bicyclic) bond motifs is 2. The SMILES string of the molecule is c1ccc2nc(-c3ccc(N4CCCCC4)cc3)ccc2c1.c1ccc2ncccc2c1. The average molecular weight is 418 g/mol. The molecule has 3 heterocycles. The molecule has 1 saturated heterocycles. The zero-order valence-corrected chi connectivity index (χ0v) is 18.2. The van der Waals surface area contributed by atoms with E-state index in [9.17, 15) is 0 Å². The van der Waals surface area contributed by atoms with Gasteiger partial charge in [0, 0.05) is 41.3 Å². The van der Waals surface area contributed by atoms with Crippen LogP contribution in [0.2, 0.25) is 0 Å². The van der Waals surface area contributed by atoms with Gasteiger partial charge in [-0.15, -0.1) is 0 Å². The molecule has 0 N–H and O–H groups in total. The van der Waals surface area contributed by atoms with Gasteiger partial charge in [0.15, 0.2) is 0 Å². The Hall–Kier alpha value is -3.72. The highest BCUT2D eigenvalue weighted by molar-refractivity contribution is 5.81. The Balaban J connectivity index is 0.000000180. The minimum atomic E-state index is 1.05. The summed E-state index contributed by atoms with van der Waals surface area (Å²) in [6, 6.07) is 33.5. The molecule has 1 aliphatic rings. The molecule has 3 aromatic carbocycles. The summed E-state index contributed by atoms with van der Waals surface area (Å²) >= 11 is 0. The molecular formula is C29H27N3. The topological polar surface area (TPSA) is 29.0 Å². The third-order valence-electron chi connectivity index (χ3n) is 5.99. The molecule has 0 saturated carbocycles. The molecule has 1 aliphatic heterocycles. The molecule has 0 amide bonds. The molecule has 0 spiro atoms. The number of benzene rings is 3. The fourth-order valence-corrected chi connectivity index (χ4v) is 4.24. The molecule has 0 aliphatic carbocycles. The third kappa shape index (κ3) is 4.62. The number of hydrogen-bond acceptors (Lipinski definition) is 3. The van der Waals surface area contributed by atoms with E-state index in [1.165, 1.54) is 54.4 Å². The van der Waals surface area contributed by atoms with Gasteiger partial charge >= 0.3 is 0 Å². The van der Waals surface area contributed by atoms with E-state index in [0.29, 0.717) is 0 Å². The lowest BCUT2D eigenvalue weighted by Crippen LogP contribution is -2.29. The second-order valence-corrected chi connectivity index (χ2v) is 8.18. The first kappa shape index (κ1) is 20.2. The van der Waals surface area contributed by atoms with Crippen LogP contribution in [0.4, 0.5) is 5.69 Å². The van der Waals surface area contributed by atoms with E-state index in [1.807, 2.05) is 36.5 Å². The van der Waals surface area contributed by atoms with Gasteiger partial charge in [-0.1, -0.05) is 60.7 Å². The highest BCUT2D eigenvalue weighted by atomic mass is 15.1. The standard InChI is InChI=1S/C20H20N2.C9H7N/c1-4-14-22(15-5-1)18-11-8-17(9-12-18)20-13-10-16-6-2-3-7-19(16)21-20;1-2-6-9-8(4-1)5-3-7-10-9/h2-3,6-13H,1,4-5,14-15H2;1-7H. The molecule has 3 heteroatoms. The highest BCUT2D eigenvalue weighted by Gasteiger charge is 2.11. The lowest BCUT2D eigenvalue weighted by atomic mass is 10.1. The maximum atomic E-state index is 4.77. The number of hydrogen-bond donors (Lipinski definition) is 0. The number of piperidine rings is 1. The fourth-order valence-electron chi connectivity index (χ4n) is 4.24. The van der Waals surface area contributed by atoms with Crippen molar-refractivity contribution in [2.45, 2.75) is 19.3 Å². The van der Waals surface area contributed by atoms with Crippen molar-refractivity contribution in [3.63, 3.8) is 0 Å². The summed E-state index contributed by atoms with van der Waals surface area (Å²) in [6.45, 7) is 2.38. The molecule has 0 radical (unpaired) electrons. The molecule has 5 aromatic rings. The van der Waals surface area contributed by atoms with E-state index in [0.717, 1.165) is 16.7 Å². The Kier molecular flexibility index (Phi) is 6.07. The first-order valence-electron chi connectivity index (χ1n) is 11.4. The summed E-state index contributed by atoms with van der Waals surface area (Å²) in [4.78, 5) is 11.4. The minimum absolute atomic E-state index is 1.05. The Morgan fingerprint density at radius 3 is 1.97 bits per heavy atom. The number of anilines is 1. The number of pyridine rings is 2. The Morgan fingerprint density at radius 1 is 0.562 bits per heavy atom. The molecule has 0 unspecified atom stereocenters. The van der Waals surface area contributed by atoms with E-state index in [1.54, 1.807) is 0 Å². The molecule has 1 fully saturated rings. The van der Waals surface area contributed by atoms with Crippen LogP contribution in [0.15, 0.2) is 103 Å². The number of nitrogens with zero attached hydrogens (tertiary/aromatic N) is 3. The zero-order chi connectivity index (χ0) is 21.6. The van der Waals surface area contributed by atoms with Gasteiger partial charge < -0.3 is 4.90 Å². The van der Waals surface area contributed by atoms with Crippen molar-refractivity contribution in [2.75, 3.05) is 18.0 Å². The van der Waals surface area contributed by atoms with Crippen LogP contribution >= 0.6 is 0 Å². The zero-order valence-electron chi connectivity index (χ0n) is 18.2. The number of rotatable bonds is 2. The Morgan fingerprint density at radius 2 is 1.22 bits per heavy atom. The van der Waals surface area contributed by atoms with Crippen LogP contribution < -0.4 is 4.90 Å². The van der Waals surface area contributed by atoms with Crippen molar-refractivity contribution in [3.05, 3.63) is 103 Å². The largest absolute Gasteiger partial charge is 0.372 e. The summed E-state index contributed by atoms with van der Waals surface area (Å²) < 4.78 is 0. The number of aromatic nitrogens is 2. The minimum Gasteiger partial charge on any atom is -0.372 e. The number of para-hydroxylation sites is 2. The Labute approximate surface area is 189 Å². The van der Waals surface area contributed by atoms with Gasteiger partial charge in [-0.05, 0) is 55.7 Å². The van der Waals surface area contributed by atoms with Gasteiger partial charge in [-0.25, -0.2) is 4.98 Å². The van der Waals surface area contributed by atoms with Crippen LogP contribution in [0.25, 0.3) is 33.1 Å². The van der Waals surface area contributed by atoms with Gasteiger partial charge in [-0.2, -0.15) is 0 Å².